The molecule has 9 atom stereocenters. The quantitative estimate of drug-likeness (QED) is 0.284. The smallest absolute Gasteiger partial charge is 0.302 e. The van der Waals surface area contributed by atoms with Crippen LogP contribution in [-0.4, -0.2) is 12.1 Å². The molecule has 0 saturated heterocycles. The van der Waals surface area contributed by atoms with Crippen LogP contribution < -0.4 is 0 Å². The lowest BCUT2D eigenvalue weighted by molar-refractivity contribution is -0.148. The van der Waals surface area contributed by atoms with E-state index in [9.17, 15) is 4.79 Å². The number of fused-ring (bicyclic) bond motifs is 5. The number of hydrogen-bond acceptors (Lipinski definition) is 2. The fourth-order valence-electron chi connectivity index (χ4n) is 9.40. The Kier molecular flexibility index (Phi) is 7.24. The molecule has 3 unspecified atom stereocenters. The number of allylic oxidation sites excluding steroid dienone is 2. The van der Waals surface area contributed by atoms with E-state index in [0.717, 1.165) is 42.4 Å². The molecule has 33 heavy (non-hydrogen) atoms. The van der Waals surface area contributed by atoms with Crippen molar-refractivity contribution in [3.8, 4) is 0 Å². The van der Waals surface area contributed by atoms with E-state index in [1.54, 1.807) is 12.5 Å². The molecule has 2 nitrogen and oxygen atoms in total. The maximum absolute atomic E-state index is 11.5. The number of esters is 1. The number of carbonyl (C=O) groups excluding carboxylic acids is 1. The minimum Gasteiger partial charge on any atom is -0.462 e. The Morgan fingerprint density at radius 2 is 1.88 bits per heavy atom. The maximum atomic E-state index is 11.5. The van der Waals surface area contributed by atoms with Gasteiger partial charge < -0.3 is 4.74 Å². The molecule has 0 N–H and O–H groups in total. The first-order valence-electron chi connectivity index (χ1n) is 14.1. The normalized spacial score (nSPS) is 41.8. The second-order valence-electron chi connectivity index (χ2n) is 13.0. The number of carbonyl (C=O) groups is 1. The lowest BCUT2D eigenvalue weighted by atomic mass is 9.47. The van der Waals surface area contributed by atoms with Crippen LogP contribution in [0, 0.1) is 46.3 Å². The van der Waals surface area contributed by atoms with Crippen LogP contribution in [0.3, 0.4) is 0 Å². The molecular weight excluding hydrogens is 404 g/mol. The van der Waals surface area contributed by atoms with Gasteiger partial charge >= 0.3 is 5.97 Å². The van der Waals surface area contributed by atoms with Gasteiger partial charge in [0.05, 0.1) is 0 Å². The molecule has 0 bridgehead atoms. The molecule has 4 rings (SSSR count). The third kappa shape index (κ3) is 4.50. The molecule has 2 heteroatoms. The average Bonchev–Trinajstić information content (AvgIpc) is 3.11. The number of hydrogen-bond donors (Lipinski definition) is 0. The van der Waals surface area contributed by atoms with Crippen molar-refractivity contribution in [3.63, 3.8) is 0 Å². The van der Waals surface area contributed by atoms with Gasteiger partial charge in [-0.05, 0) is 117 Å². The van der Waals surface area contributed by atoms with Crippen molar-refractivity contribution >= 4 is 5.97 Å². The van der Waals surface area contributed by atoms with E-state index >= 15 is 0 Å². The molecule has 0 spiro atoms. The lowest BCUT2D eigenvalue weighted by Gasteiger charge is -2.58. The van der Waals surface area contributed by atoms with Crippen LogP contribution in [0.15, 0.2) is 23.8 Å². The van der Waals surface area contributed by atoms with Crippen molar-refractivity contribution in [1.29, 1.82) is 0 Å². The van der Waals surface area contributed by atoms with Gasteiger partial charge in [0.25, 0.3) is 0 Å². The van der Waals surface area contributed by atoms with Crippen LogP contribution in [0.5, 0.6) is 0 Å². The van der Waals surface area contributed by atoms with E-state index in [-0.39, 0.29) is 12.1 Å². The average molecular weight is 455 g/mol. The monoisotopic (exact) mass is 454 g/mol. The molecule has 0 radical (unpaired) electrons. The van der Waals surface area contributed by atoms with Gasteiger partial charge in [0.2, 0.25) is 0 Å². The minimum atomic E-state index is -0.119. The topological polar surface area (TPSA) is 26.3 Å². The second-order valence-corrected chi connectivity index (χ2v) is 13.0. The highest BCUT2D eigenvalue weighted by molar-refractivity contribution is 5.66. The molecule has 186 valence electrons. The van der Waals surface area contributed by atoms with Crippen LogP contribution in [0.25, 0.3) is 0 Å². The molecule has 0 aromatic rings. The van der Waals surface area contributed by atoms with Gasteiger partial charge in [-0.15, -0.1) is 0 Å². The summed E-state index contributed by atoms with van der Waals surface area (Å²) >= 11 is 0. The van der Waals surface area contributed by atoms with Gasteiger partial charge in [0.15, 0.2) is 0 Å². The van der Waals surface area contributed by atoms with Crippen LogP contribution in [0.4, 0.5) is 0 Å². The molecule has 3 saturated carbocycles. The minimum absolute atomic E-state index is 0.107. The predicted molar refractivity (Wildman–Crippen MR) is 138 cm³/mol. The Hall–Kier alpha value is -1.05. The van der Waals surface area contributed by atoms with E-state index in [2.05, 4.69) is 47.3 Å². The van der Waals surface area contributed by atoms with Crippen LogP contribution in [0.1, 0.15) is 112 Å². The zero-order valence-electron chi connectivity index (χ0n) is 22.4. The van der Waals surface area contributed by atoms with Crippen molar-refractivity contribution in [2.24, 2.45) is 46.3 Å². The Morgan fingerprint density at radius 1 is 1.12 bits per heavy atom. The standard InChI is InChI=1S/C31H50O2/c1-8-23(20(2)3)10-9-21(4)27-13-14-28-26-12-11-24-19-25(33-22(5)32)15-17-30(24,6)29(26)16-18-31(27,28)7/h11,21,23,25-29H,2,8-10,12-19H2,1,3-7H3/t21-,23-,25+,26?,27-,28?,29?,30+,31-/m1/s1. The zero-order valence-corrected chi connectivity index (χ0v) is 22.4. The van der Waals surface area contributed by atoms with Crippen molar-refractivity contribution in [2.45, 2.75) is 118 Å². The van der Waals surface area contributed by atoms with E-state index in [0.29, 0.717) is 16.7 Å². The first kappa shape index (κ1) is 25.1. The van der Waals surface area contributed by atoms with Gasteiger partial charge in [0.1, 0.15) is 6.10 Å². The first-order chi connectivity index (χ1) is 15.6. The molecule has 4 aliphatic carbocycles. The third-order valence-corrected chi connectivity index (χ3v) is 11.3. The lowest BCUT2D eigenvalue weighted by Crippen LogP contribution is -2.51. The summed E-state index contributed by atoms with van der Waals surface area (Å²) in [5, 5.41) is 0. The van der Waals surface area contributed by atoms with Crippen LogP contribution >= 0.6 is 0 Å². The predicted octanol–water partition coefficient (Wildman–Crippen LogP) is 8.52. The fourth-order valence-corrected chi connectivity index (χ4v) is 9.40. The van der Waals surface area contributed by atoms with Gasteiger partial charge in [0, 0.05) is 13.3 Å². The van der Waals surface area contributed by atoms with Crippen molar-refractivity contribution < 1.29 is 9.53 Å². The molecule has 4 aliphatic rings. The highest BCUT2D eigenvalue weighted by Gasteiger charge is 2.59. The molecule has 0 aliphatic heterocycles. The summed E-state index contributed by atoms with van der Waals surface area (Å²) in [5.74, 6) is 4.89. The van der Waals surface area contributed by atoms with Crippen LogP contribution in [0.2, 0.25) is 0 Å². The van der Waals surface area contributed by atoms with Gasteiger partial charge in [-0.25, -0.2) is 0 Å². The molecular formula is C31H50O2. The molecule has 3 fully saturated rings. The summed E-state index contributed by atoms with van der Waals surface area (Å²) in [6.45, 7) is 18.1. The fraction of sp³-hybridized carbons (Fsp3) is 0.839. The van der Waals surface area contributed by atoms with Crippen molar-refractivity contribution in [3.05, 3.63) is 23.8 Å². The van der Waals surface area contributed by atoms with E-state index < -0.39 is 0 Å². The highest BCUT2D eigenvalue weighted by atomic mass is 16.5. The largest absolute Gasteiger partial charge is 0.462 e. The Balaban J connectivity index is 1.46. The van der Waals surface area contributed by atoms with Gasteiger partial charge in [-0.2, -0.15) is 0 Å². The van der Waals surface area contributed by atoms with E-state index in [4.69, 9.17) is 4.74 Å². The third-order valence-electron chi connectivity index (χ3n) is 11.3. The van der Waals surface area contributed by atoms with Crippen LogP contribution in [-0.2, 0) is 9.53 Å². The van der Waals surface area contributed by atoms with Crippen molar-refractivity contribution in [1.82, 2.24) is 0 Å². The Labute approximate surface area is 204 Å². The summed E-state index contributed by atoms with van der Waals surface area (Å²) in [4.78, 5) is 11.5. The Morgan fingerprint density at radius 3 is 2.55 bits per heavy atom. The SMILES string of the molecule is C=C(C)[C@H](CC)CC[C@@H](C)[C@H]1CCC2C3CC=C4C[C@@H](OC(C)=O)CC[C@]4(C)C3CC[C@@]21C. The van der Waals surface area contributed by atoms with Gasteiger partial charge in [-0.3, -0.25) is 4.79 Å². The maximum Gasteiger partial charge on any atom is 0.302 e. The summed E-state index contributed by atoms with van der Waals surface area (Å²) in [7, 11) is 0. The molecule has 0 heterocycles. The zero-order chi connectivity index (χ0) is 24.0. The first-order valence-corrected chi connectivity index (χ1v) is 14.1. The summed E-state index contributed by atoms with van der Waals surface area (Å²) < 4.78 is 5.62. The molecule has 0 amide bonds. The van der Waals surface area contributed by atoms with Crippen molar-refractivity contribution in [2.75, 3.05) is 0 Å². The van der Waals surface area contributed by atoms with E-state index in [1.165, 1.54) is 63.4 Å². The summed E-state index contributed by atoms with van der Waals surface area (Å²) in [6.07, 6.45) is 16.8. The number of ether oxygens (including phenoxy) is 1. The summed E-state index contributed by atoms with van der Waals surface area (Å²) in [6, 6.07) is 0. The summed E-state index contributed by atoms with van der Waals surface area (Å²) in [5.41, 5.74) is 3.85. The van der Waals surface area contributed by atoms with E-state index in [1.807, 2.05) is 0 Å². The second kappa shape index (κ2) is 9.54. The van der Waals surface area contributed by atoms with Gasteiger partial charge in [-0.1, -0.05) is 51.5 Å². The highest BCUT2D eigenvalue weighted by Crippen LogP contribution is 2.67. The molecule has 0 aromatic carbocycles. The Bertz CT molecular complexity index is 780. The molecule has 0 aromatic heterocycles. The number of rotatable bonds is 7.